The van der Waals surface area contributed by atoms with Crippen molar-refractivity contribution in [2.75, 3.05) is 12.1 Å². The number of anilines is 2. The van der Waals surface area contributed by atoms with Gasteiger partial charge in [-0.3, -0.25) is 0 Å². The molecule has 6 nitrogen and oxygen atoms in total. The van der Waals surface area contributed by atoms with Crippen molar-refractivity contribution in [1.82, 2.24) is 9.97 Å². The maximum Gasteiger partial charge on any atom is 0.231 e. The molecule has 2 heterocycles. The van der Waals surface area contributed by atoms with Crippen molar-refractivity contribution in [3.8, 4) is 23.0 Å². The molecule has 0 amide bonds. The zero-order chi connectivity index (χ0) is 18.9. The van der Waals surface area contributed by atoms with Gasteiger partial charge in [-0.2, -0.15) is 0 Å². The number of ether oxygens (including phenoxy) is 3. The summed E-state index contributed by atoms with van der Waals surface area (Å²) >= 11 is 6.41. The Morgan fingerprint density at radius 3 is 2.66 bits per heavy atom. The fourth-order valence-electron chi connectivity index (χ4n) is 3.06. The van der Waals surface area contributed by atoms with Gasteiger partial charge < -0.3 is 19.5 Å². The van der Waals surface area contributed by atoms with Gasteiger partial charge in [-0.05, 0) is 36.4 Å². The highest BCUT2D eigenvalue weighted by molar-refractivity contribution is 6.34. The maximum absolute atomic E-state index is 6.41. The van der Waals surface area contributed by atoms with Crippen LogP contribution in [0, 0.1) is 0 Å². The van der Waals surface area contributed by atoms with E-state index in [0.29, 0.717) is 33.8 Å². The number of hydrogen-bond acceptors (Lipinski definition) is 6. The van der Waals surface area contributed by atoms with Crippen LogP contribution in [0.2, 0.25) is 5.02 Å². The molecule has 4 aromatic rings. The molecule has 1 aliphatic heterocycles. The molecule has 0 saturated carbocycles. The summed E-state index contributed by atoms with van der Waals surface area (Å²) in [5.74, 6) is 3.10. The molecule has 1 aromatic heterocycles. The van der Waals surface area contributed by atoms with Gasteiger partial charge in [-0.25, -0.2) is 9.97 Å². The number of halogens is 2. The van der Waals surface area contributed by atoms with E-state index >= 15 is 0 Å². The van der Waals surface area contributed by atoms with Crippen molar-refractivity contribution in [1.29, 1.82) is 0 Å². The molecule has 1 N–H and O–H groups in total. The third-order valence-electron chi connectivity index (χ3n) is 4.33. The van der Waals surface area contributed by atoms with E-state index in [4.69, 9.17) is 25.8 Å². The van der Waals surface area contributed by atoms with Gasteiger partial charge in [-0.15, -0.1) is 12.4 Å². The van der Waals surface area contributed by atoms with E-state index in [1.807, 2.05) is 48.5 Å². The lowest BCUT2D eigenvalue weighted by Crippen LogP contribution is -2.00. The molecule has 5 rings (SSSR count). The number of aromatic nitrogens is 2. The molecule has 0 unspecified atom stereocenters. The SMILES string of the molecule is Cl.Clc1ccc2c(c1Nc1ncnc3cccc(Oc4ccccc4)c13)OCO2. The first-order valence-corrected chi connectivity index (χ1v) is 8.99. The second-order valence-corrected chi connectivity index (χ2v) is 6.48. The molecular weight excluding hydrogens is 413 g/mol. The second kappa shape index (κ2) is 8.03. The quantitative estimate of drug-likeness (QED) is 0.432. The average Bonchev–Trinajstić information content (AvgIpc) is 3.20. The highest BCUT2D eigenvalue weighted by Gasteiger charge is 2.22. The van der Waals surface area contributed by atoms with Crippen LogP contribution in [-0.2, 0) is 0 Å². The van der Waals surface area contributed by atoms with E-state index in [1.165, 1.54) is 6.33 Å². The van der Waals surface area contributed by atoms with Gasteiger partial charge >= 0.3 is 0 Å². The summed E-state index contributed by atoms with van der Waals surface area (Å²) in [6, 6.07) is 18.7. The van der Waals surface area contributed by atoms with E-state index < -0.39 is 0 Å². The van der Waals surface area contributed by atoms with Crippen LogP contribution in [0.15, 0.2) is 67.0 Å². The van der Waals surface area contributed by atoms with Crippen molar-refractivity contribution in [3.05, 3.63) is 72.0 Å². The maximum atomic E-state index is 6.41. The summed E-state index contributed by atoms with van der Waals surface area (Å²) in [5, 5.41) is 4.51. The van der Waals surface area contributed by atoms with Crippen molar-refractivity contribution in [3.63, 3.8) is 0 Å². The third-order valence-corrected chi connectivity index (χ3v) is 4.64. The zero-order valence-electron chi connectivity index (χ0n) is 15.0. The Labute approximate surface area is 177 Å². The van der Waals surface area contributed by atoms with Crippen LogP contribution in [-0.4, -0.2) is 16.8 Å². The number of hydrogen-bond donors (Lipinski definition) is 1. The molecule has 8 heteroatoms. The summed E-state index contributed by atoms with van der Waals surface area (Å²) in [4.78, 5) is 8.77. The van der Waals surface area contributed by atoms with Crippen LogP contribution in [0.3, 0.4) is 0 Å². The lowest BCUT2D eigenvalue weighted by atomic mass is 10.2. The molecule has 0 atom stereocenters. The minimum absolute atomic E-state index is 0. The van der Waals surface area contributed by atoms with Crippen LogP contribution >= 0.6 is 24.0 Å². The van der Waals surface area contributed by atoms with E-state index in [-0.39, 0.29) is 19.2 Å². The molecular formula is C21H15Cl2N3O3. The number of benzene rings is 3. The lowest BCUT2D eigenvalue weighted by molar-refractivity contribution is 0.174. The predicted molar refractivity (Wildman–Crippen MR) is 114 cm³/mol. The molecule has 0 bridgehead atoms. The Hall–Kier alpha value is -3.22. The number of nitrogens with zero attached hydrogens (tertiary/aromatic N) is 2. The predicted octanol–water partition coefficient (Wildman–Crippen LogP) is 5.97. The molecule has 29 heavy (non-hydrogen) atoms. The molecule has 0 saturated heterocycles. The second-order valence-electron chi connectivity index (χ2n) is 6.07. The number of rotatable bonds is 4. The fourth-order valence-corrected chi connectivity index (χ4v) is 3.25. The summed E-state index contributed by atoms with van der Waals surface area (Å²) in [6.45, 7) is 0.150. The van der Waals surface area contributed by atoms with Crippen molar-refractivity contribution >= 4 is 46.4 Å². The summed E-state index contributed by atoms with van der Waals surface area (Å²) < 4.78 is 17.1. The molecule has 0 aliphatic carbocycles. The van der Waals surface area contributed by atoms with Crippen LogP contribution in [0.4, 0.5) is 11.5 Å². The molecule has 146 valence electrons. The fraction of sp³-hybridized carbons (Fsp3) is 0.0476. The first-order chi connectivity index (χ1) is 13.8. The van der Waals surface area contributed by atoms with E-state index in [9.17, 15) is 0 Å². The standard InChI is InChI=1S/C21H14ClN3O3.ClH/c22-14-9-10-17-20(27-12-26-17)19(14)25-21-18-15(23-11-24-21)7-4-8-16(18)28-13-5-2-1-3-6-13;/h1-11H,12H2,(H,23,24,25);1H. The molecule has 1 aliphatic rings. The van der Waals surface area contributed by atoms with Crippen LogP contribution in [0.5, 0.6) is 23.0 Å². The van der Waals surface area contributed by atoms with E-state index in [0.717, 1.165) is 16.7 Å². The Balaban J connectivity index is 0.00000205. The highest BCUT2D eigenvalue weighted by Crippen LogP contribution is 2.45. The Morgan fingerprint density at radius 2 is 1.79 bits per heavy atom. The first kappa shape index (κ1) is 19.1. The minimum Gasteiger partial charge on any atom is -0.457 e. The van der Waals surface area contributed by atoms with Gasteiger partial charge in [0, 0.05) is 0 Å². The zero-order valence-corrected chi connectivity index (χ0v) is 16.5. The largest absolute Gasteiger partial charge is 0.457 e. The van der Waals surface area contributed by atoms with Gasteiger partial charge in [0.25, 0.3) is 0 Å². The van der Waals surface area contributed by atoms with Crippen molar-refractivity contribution in [2.45, 2.75) is 0 Å². The average molecular weight is 428 g/mol. The summed E-state index contributed by atoms with van der Waals surface area (Å²) in [5.41, 5.74) is 1.33. The van der Waals surface area contributed by atoms with Gasteiger partial charge in [0.1, 0.15) is 29.3 Å². The Kier molecular flexibility index (Phi) is 5.29. The first-order valence-electron chi connectivity index (χ1n) is 8.61. The topological polar surface area (TPSA) is 65.5 Å². The minimum atomic E-state index is 0. The Morgan fingerprint density at radius 1 is 0.931 bits per heavy atom. The van der Waals surface area contributed by atoms with Crippen LogP contribution in [0.1, 0.15) is 0 Å². The lowest BCUT2D eigenvalue weighted by Gasteiger charge is -2.14. The Bertz CT molecular complexity index is 1170. The van der Waals surface area contributed by atoms with Crippen LogP contribution in [0.25, 0.3) is 10.9 Å². The highest BCUT2D eigenvalue weighted by atomic mass is 35.5. The number of para-hydroxylation sites is 1. The van der Waals surface area contributed by atoms with E-state index in [2.05, 4.69) is 15.3 Å². The van der Waals surface area contributed by atoms with Gasteiger partial charge in [0.2, 0.25) is 6.79 Å². The molecule has 3 aromatic carbocycles. The summed E-state index contributed by atoms with van der Waals surface area (Å²) in [7, 11) is 0. The monoisotopic (exact) mass is 427 g/mol. The van der Waals surface area contributed by atoms with Crippen LogP contribution < -0.4 is 19.5 Å². The molecule has 0 fully saturated rings. The number of nitrogens with one attached hydrogen (secondary N) is 1. The smallest absolute Gasteiger partial charge is 0.231 e. The van der Waals surface area contributed by atoms with Crippen molar-refractivity contribution < 1.29 is 14.2 Å². The van der Waals surface area contributed by atoms with Gasteiger partial charge in [0.05, 0.1) is 15.9 Å². The summed E-state index contributed by atoms with van der Waals surface area (Å²) in [6.07, 6.45) is 1.49. The van der Waals surface area contributed by atoms with Crippen molar-refractivity contribution in [2.24, 2.45) is 0 Å². The number of fused-ring (bicyclic) bond motifs is 2. The normalized spacial score (nSPS) is 11.8. The third kappa shape index (κ3) is 3.60. The van der Waals surface area contributed by atoms with E-state index in [1.54, 1.807) is 12.1 Å². The molecule has 0 spiro atoms. The van der Waals surface area contributed by atoms with Gasteiger partial charge in [0.15, 0.2) is 11.5 Å². The van der Waals surface area contributed by atoms with Gasteiger partial charge in [-0.1, -0.05) is 35.9 Å². The molecule has 0 radical (unpaired) electrons.